The van der Waals surface area contributed by atoms with Crippen LogP contribution >= 0.6 is 22.9 Å². The summed E-state index contributed by atoms with van der Waals surface area (Å²) in [7, 11) is 0. The Morgan fingerprint density at radius 2 is 1.48 bits per heavy atom. The van der Waals surface area contributed by atoms with E-state index in [-0.39, 0.29) is 0 Å². The lowest BCUT2D eigenvalue weighted by Gasteiger charge is -2.00. The summed E-state index contributed by atoms with van der Waals surface area (Å²) < 4.78 is 7.80. The maximum atomic E-state index is 6.00. The molecule has 0 radical (unpaired) electrons. The van der Waals surface area contributed by atoms with Gasteiger partial charge < -0.3 is 4.42 Å². The van der Waals surface area contributed by atoms with Crippen LogP contribution in [0, 0.1) is 6.92 Å². The minimum absolute atomic E-state index is 0.296. The minimum Gasteiger partial charge on any atom is -0.403 e. The lowest BCUT2D eigenvalue weighted by atomic mass is 10.2. The maximum absolute atomic E-state index is 6.00. The molecule has 0 unspecified atom stereocenters. The van der Waals surface area contributed by atoms with Crippen LogP contribution in [0.15, 0.2) is 105 Å². The first-order chi connectivity index (χ1) is 16.2. The molecule has 0 bridgehead atoms. The summed E-state index contributed by atoms with van der Waals surface area (Å²) in [6, 6.07) is 26.8. The Bertz CT molecular complexity index is 1470. The molecule has 2 aromatic heterocycles. The van der Waals surface area contributed by atoms with Gasteiger partial charge in [-0.25, -0.2) is 9.56 Å². The zero-order valence-corrected chi connectivity index (χ0v) is 19.0. The van der Waals surface area contributed by atoms with E-state index in [1.54, 1.807) is 16.7 Å². The van der Waals surface area contributed by atoms with Gasteiger partial charge in [0.25, 0.3) is 0 Å². The Morgan fingerprint density at radius 1 is 0.818 bits per heavy atom. The molecule has 5 aromatic rings. The Morgan fingerprint density at radius 3 is 2.18 bits per heavy atom. The predicted molar refractivity (Wildman–Crippen MR) is 129 cm³/mol. The van der Waals surface area contributed by atoms with E-state index >= 15 is 0 Å². The highest BCUT2D eigenvalue weighted by molar-refractivity contribution is 7.13. The molecule has 5 rings (SSSR count). The summed E-state index contributed by atoms with van der Waals surface area (Å²) in [6.07, 6.45) is 0. The summed E-state index contributed by atoms with van der Waals surface area (Å²) in [4.78, 5) is 5.43. The van der Waals surface area contributed by atoms with Crippen molar-refractivity contribution < 1.29 is 4.42 Å². The fraction of sp³-hybridized carbons (Fsp3) is 0.0417. The fourth-order valence-electron chi connectivity index (χ4n) is 3.06. The summed E-state index contributed by atoms with van der Waals surface area (Å²) in [5.74, 6) is 0.387. The molecular formula is C24H17ClN6OS. The lowest BCUT2D eigenvalue weighted by molar-refractivity contribution is 0.531. The number of hydrogen-bond donors (Lipinski definition) is 0. The van der Waals surface area contributed by atoms with Crippen LogP contribution in [-0.4, -0.2) is 14.8 Å². The summed E-state index contributed by atoms with van der Waals surface area (Å²) in [5.41, 5.74) is 3.13. The third-order valence-electron chi connectivity index (χ3n) is 4.71. The van der Waals surface area contributed by atoms with Crippen molar-refractivity contribution in [3.63, 3.8) is 0 Å². The van der Waals surface area contributed by atoms with Gasteiger partial charge in [-0.05, 0) is 55.5 Å². The fourth-order valence-corrected chi connectivity index (χ4v) is 4.14. The van der Waals surface area contributed by atoms with E-state index in [4.69, 9.17) is 21.0 Å². The number of halogens is 1. The predicted octanol–water partition coefficient (Wildman–Crippen LogP) is 7.20. The van der Waals surface area contributed by atoms with Gasteiger partial charge in [0.05, 0.1) is 17.1 Å². The standard InChI is InChI=1S/C24H17ClN6OS/c1-16-22(29-27-20-10-6-3-7-11-20)33-24(26-19-8-4-2-5-9-19)31(16)23-30-28-21(32-23)17-12-14-18(25)15-13-17/h2-15H,1H3. The smallest absolute Gasteiger partial charge is 0.329 e. The Hall–Kier alpha value is -3.88. The first-order valence-electron chi connectivity index (χ1n) is 10.1. The second-order valence-electron chi connectivity index (χ2n) is 6.99. The molecule has 0 saturated carbocycles. The van der Waals surface area contributed by atoms with E-state index in [2.05, 4.69) is 20.4 Å². The molecule has 162 valence electrons. The van der Waals surface area contributed by atoms with Gasteiger partial charge in [0.1, 0.15) is 0 Å². The van der Waals surface area contributed by atoms with Crippen molar-refractivity contribution in [1.82, 2.24) is 14.8 Å². The highest BCUT2D eigenvalue weighted by Gasteiger charge is 2.18. The molecule has 0 fully saturated rings. The number of rotatable bonds is 5. The quantitative estimate of drug-likeness (QED) is 0.253. The molecule has 0 atom stereocenters. The van der Waals surface area contributed by atoms with Gasteiger partial charge in [-0.3, -0.25) is 0 Å². The average molecular weight is 473 g/mol. The molecule has 0 N–H and O–H groups in total. The number of azo groups is 1. The average Bonchev–Trinajstić information content (AvgIpc) is 3.44. The van der Waals surface area contributed by atoms with Gasteiger partial charge in [0, 0.05) is 10.6 Å². The van der Waals surface area contributed by atoms with E-state index in [1.807, 2.05) is 79.7 Å². The highest BCUT2D eigenvalue weighted by Crippen LogP contribution is 2.29. The van der Waals surface area contributed by atoms with Gasteiger partial charge in [0.2, 0.25) is 10.7 Å². The van der Waals surface area contributed by atoms with Crippen LogP contribution in [0.3, 0.4) is 0 Å². The van der Waals surface area contributed by atoms with Crippen molar-refractivity contribution in [3.8, 4) is 17.5 Å². The molecule has 3 aromatic carbocycles. The summed E-state index contributed by atoms with van der Waals surface area (Å²) in [5, 5.41) is 18.6. The number of hydrogen-bond acceptors (Lipinski definition) is 7. The molecule has 9 heteroatoms. The van der Waals surface area contributed by atoms with Crippen LogP contribution < -0.4 is 4.80 Å². The van der Waals surface area contributed by atoms with Crippen LogP contribution in [0.25, 0.3) is 17.5 Å². The largest absolute Gasteiger partial charge is 0.403 e. The third kappa shape index (κ3) is 4.67. The van der Waals surface area contributed by atoms with Crippen LogP contribution in [0.2, 0.25) is 5.02 Å². The van der Waals surface area contributed by atoms with Crippen molar-refractivity contribution in [1.29, 1.82) is 0 Å². The number of benzene rings is 3. The monoisotopic (exact) mass is 472 g/mol. The highest BCUT2D eigenvalue weighted by atomic mass is 35.5. The van der Waals surface area contributed by atoms with E-state index < -0.39 is 0 Å². The van der Waals surface area contributed by atoms with Crippen LogP contribution in [0.5, 0.6) is 0 Å². The molecule has 33 heavy (non-hydrogen) atoms. The molecule has 0 saturated heterocycles. The van der Waals surface area contributed by atoms with Gasteiger partial charge in [-0.1, -0.05) is 64.4 Å². The number of thiazole rings is 1. The normalized spacial score (nSPS) is 12.0. The van der Waals surface area contributed by atoms with E-state index in [0.29, 0.717) is 26.7 Å². The topological polar surface area (TPSA) is 80.9 Å². The SMILES string of the molecule is Cc1c(N=Nc2ccccc2)sc(=Nc2ccccc2)n1-c1nnc(-c2ccc(Cl)cc2)o1. The van der Waals surface area contributed by atoms with Gasteiger partial charge >= 0.3 is 6.01 Å². The molecular weight excluding hydrogens is 456 g/mol. The zero-order chi connectivity index (χ0) is 22.6. The van der Waals surface area contributed by atoms with Crippen LogP contribution in [-0.2, 0) is 0 Å². The van der Waals surface area contributed by atoms with Gasteiger partial charge in [-0.15, -0.1) is 15.3 Å². The Labute approximate surface area is 198 Å². The second kappa shape index (κ2) is 9.32. The Balaban J connectivity index is 1.61. The first kappa shape index (κ1) is 21.0. The molecule has 0 amide bonds. The molecule has 0 spiro atoms. The molecule has 2 heterocycles. The number of aromatic nitrogens is 3. The molecule has 7 nitrogen and oxygen atoms in total. The number of para-hydroxylation sites is 1. The zero-order valence-electron chi connectivity index (χ0n) is 17.5. The van der Waals surface area contributed by atoms with Crippen LogP contribution in [0.4, 0.5) is 16.4 Å². The maximum Gasteiger partial charge on any atom is 0.329 e. The molecule has 0 aliphatic carbocycles. The third-order valence-corrected chi connectivity index (χ3v) is 5.99. The van der Waals surface area contributed by atoms with Crippen molar-refractivity contribution in [2.45, 2.75) is 6.92 Å². The number of nitrogens with zero attached hydrogens (tertiary/aromatic N) is 6. The van der Waals surface area contributed by atoms with Gasteiger partial charge in [-0.2, -0.15) is 0 Å². The summed E-state index contributed by atoms with van der Waals surface area (Å²) in [6.45, 7) is 1.92. The van der Waals surface area contributed by atoms with E-state index in [0.717, 1.165) is 22.6 Å². The molecule has 0 aliphatic heterocycles. The van der Waals surface area contributed by atoms with Crippen molar-refractivity contribution in [2.24, 2.45) is 15.2 Å². The second-order valence-corrected chi connectivity index (χ2v) is 8.38. The van der Waals surface area contributed by atoms with Crippen molar-refractivity contribution in [3.05, 3.63) is 100 Å². The van der Waals surface area contributed by atoms with Crippen LogP contribution in [0.1, 0.15) is 5.69 Å². The van der Waals surface area contributed by atoms with Crippen molar-refractivity contribution >= 4 is 39.3 Å². The van der Waals surface area contributed by atoms with Gasteiger partial charge in [0.15, 0.2) is 5.00 Å². The lowest BCUT2D eigenvalue weighted by Crippen LogP contribution is -2.14. The van der Waals surface area contributed by atoms with E-state index in [1.165, 1.54) is 11.3 Å². The first-order valence-corrected chi connectivity index (χ1v) is 11.3. The van der Waals surface area contributed by atoms with E-state index in [9.17, 15) is 0 Å². The van der Waals surface area contributed by atoms with Crippen molar-refractivity contribution in [2.75, 3.05) is 0 Å². The Kier molecular flexibility index (Phi) is 5.93. The molecule has 0 aliphatic rings. The minimum atomic E-state index is 0.296. The summed E-state index contributed by atoms with van der Waals surface area (Å²) >= 11 is 7.39.